The van der Waals surface area contributed by atoms with E-state index in [0.29, 0.717) is 0 Å². The van der Waals surface area contributed by atoms with Crippen molar-refractivity contribution in [1.29, 1.82) is 0 Å². The fourth-order valence-electron chi connectivity index (χ4n) is 2.05. The van der Waals surface area contributed by atoms with Crippen LogP contribution in [-0.2, 0) is 14.8 Å². The second kappa shape index (κ2) is 4.87. The van der Waals surface area contributed by atoms with Crippen LogP contribution in [0.25, 0.3) is 0 Å². The highest BCUT2D eigenvalue weighted by molar-refractivity contribution is 7.89. The standard InChI is InChI=1S/C11H12FNO5S/c12-7-1-3-8(4-2-7)19(17,18)13-6-5-9(14)10(13)11(15)16/h1-4,9-10,14H,5-6H2,(H,15,16)/t9-,10+/m1/s1. The number of aliphatic carboxylic acids is 1. The van der Waals surface area contributed by atoms with Crippen LogP contribution in [0.2, 0.25) is 0 Å². The van der Waals surface area contributed by atoms with Crippen molar-refractivity contribution in [2.45, 2.75) is 23.5 Å². The topological polar surface area (TPSA) is 94.9 Å². The summed E-state index contributed by atoms with van der Waals surface area (Å²) in [6.07, 6.45) is -1.19. The summed E-state index contributed by atoms with van der Waals surface area (Å²) in [6, 6.07) is 2.59. The number of sulfonamides is 1. The number of halogens is 1. The van der Waals surface area contributed by atoms with E-state index in [0.717, 1.165) is 28.6 Å². The minimum absolute atomic E-state index is 0.0530. The molecule has 0 spiro atoms. The van der Waals surface area contributed by atoms with Crippen molar-refractivity contribution in [1.82, 2.24) is 4.31 Å². The van der Waals surface area contributed by atoms with Gasteiger partial charge < -0.3 is 10.2 Å². The van der Waals surface area contributed by atoms with Gasteiger partial charge in [-0.25, -0.2) is 12.8 Å². The number of aliphatic hydroxyl groups excluding tert-OH is 1. The molecule has 2 N–H and O–H groups in total. The van der Waals surface area contributed by atoms with Crippen molar-refractivity contribution in [2.75, 3.05) is 6.54 Å². The summed E-state index contributed by atoms with van der Waals surface area (Å²) >= 11 is 0. The van der Waals surface area contributed by atoms with Crippen LogP contribution in [0.5, 0.6) is 0 Å². The van der Waals surface area contributed by atoms with Crippen LogP contribution < -0.4 is 0 Å². The zero-order valence-corrected chi connectivity index (χ0v) is 10.5. The van der Waals surface area contributed by atoms with Crippen molar-refractivity contribution in [2.24, 2.45) is 0 Å². The van der Waals surface area contributed by atoms with Crippen LogP contribution in [0.4, 0.5) is 4.39 Å². The summed E-state index contributed by atoms with van der Waals surface area (Å²) in [7, 11) is -4.06. The van der Waals surface area contributed by atoms with Crippen molar-refractivity contribution in [3.8, 4) is 0 Å². The van der Waals surface area contributed by atoms with E-state index < -0.39 is 34.0 Å². The van der Waals surface area contributed by atoms with Gasteiger partial charge in [0.15, 0.2) is 0 Å². The molecule has 19 heavy (non-hydrogen) atoms. The number of carboxylic acid groups (broad SMARTS) is 1. The molecule has 6 nitrogen and oxygen atoms in total. The first-order valence-corrected chi connectivity index (χ1v) is 6.96. The summed E-state index contributed by atoms with van der Waals surface area (Å²) in [6.45, 7) is -0.0855. The lowest BCUT2D eigenvalue weighted by atomic mass is 10.2. The van der Waals surface area contributed by atoms with Gasteiger partial charge in [0.2, 0.25) is 10.0 Å². The highest BCUT2D eigenvalue weighted by Gasteiger charge is 2.45. The van der Waals surface area contributed by atoms with Crippen LogP contribution in [0, 0.1) is 5.82 Å². The third-order valence-corrected chi connectivity index (χ3v) is 4.89. The molecule has 2 atom stereocenters. The molecule has 1 fully saturated rings. The van der Waals surface area contributed by atoms with E-state index in [4.69, 9.17) is 5.11 Å². The molecule has 1 aromatic rings. The Balaban J connectivity index is 2.39. The Morgan fingerprint density at radius 2 is 1.89 bits per heavy atom. The first-order chi connectivity index (χ1) is 8.84. The number of carbonyl (C=O) groups is 1. The third kappa shape index (κ3) is 2.46. The lowest BCUT2D eigenvalue weighted by Gasteiger charge is -2.22. The van der Waals surface area contributed by atoms with E-state index in [-0.39, 0.29) is 17.9 Å². The molecule has 1 aliphatic heterocycles. The smallest absolute Gasteiger partial charge is 0.324 e. The Bertz CT molecular complexity index is 586. The Kier molecular flexibility index (Phi) is 3.57. The van der Waals surface area contributed by atoms with Crippen molar-refractivity contribution >= 4 is 16.0 Å². The maximum atomic E-state index is 12.8. The maximum Gasteiger partial charge on any atom is 0.324 e. The molecule has 0 saturated carbocycles. The maximum absolute atomic E-state index is 12.8. The number of aliphatic hydroxyl groups is 1. The number of carboxylic acids is 1. The molecule has 2 rings (SSSR count). The zero-order chi connectivity index (χ0) is 14.2. The molecule has 104 valence electrons. The predicted octanol–water partition coefficient (Wildman–Crippen LogP) is 0.0342. The second-order valence-corrected chi connectivity index (χ2v) is 6.10. The lowest BCUT2D eigenvalue weighted by molar-refractivity contribution is -0.143. The first kappa shape index (κ1) is 13.9. The van der Waals surface area contributed by atoms with E-state index in [1.54, 1.807) is 0 Å². The van der Waals surface area contributed by atoms with Gasteiger partial charge >= 0.3 is 5.97 Å². The zero-order valence-electron chi connectivity index (χ0n) is 9.73. The molecule has 8 heteroatoms. The summed E-state index contributed by atoms with van der Waals surface area (Å²) < 4.78 is 38.0. The first-order valence-electron chi connectivity index (χ1n) is 5.52. The lowest BCUT2D eigenvalue weighted by Crippen LogP contribution is -2.44. The number of hydrogen-bond acceptors (Lipinski definition) is 4. The minimum atomic E-state index is -4.06. The van der Waals surface area contributed by atoms with Gasteiger partial charge in [0.1, 0.15) is 11.9 Å². The predicted molar refractivity (Wildman–Crippen MR) is 62.3 cm³/mol. The van der Waals surface area contributed by atoms with Gasteiger partial charge in [0.05, 0.1) is 11.0 Å². The molecule has 0 radical (unpaired) electrons. The van der Waals surface area contributed by atoms with Gasteiger partial charge in [-0.3, -0.25) is 4.79 Å². The van der Waals surface area contributed by atoms with Crippen LogP contribution in [0.3, 0.4) is 0 Å². The second-order valence-electron chi connectivity index (χ2n) is 4.21. The van der Waals surface area contributed by atoms with Crippen LogP contribution in [-0.4, -0.2) is 47.6 Å². The summed E-state index contributed by atoms with van der Waals surface area (Å²) in [4.78, 5) is 10.8. The highest BCUT2D eigenvalue weighted by atomic mass is 32.2. The molecule has 0 amide bonds. The minimum Gasteiger partial charge on any atom is -0.480 e. The normalized spacial score (nSPS) is 24.5. The van der Waals surface area contributed by atoms with Gasteiger partial charge in [-0.1, -0.05) is 0 Å². The number of rotatable bonds is 3. The molecule has 1 aliphatic rings. The fourth-order valence-corrected chi connectivity index (χ4v) is 3.67. The largest absolute Gasteiger partial charge is 0.480 e. The molecule has 1 saturated heterocycles. The monoisotopic (exact) mass is 289 g/mol. The molecule has 1 heterocycles. The SMILES string of the molecule is O=C(O)[C@@H]1[C@H](O)CCN1S(=O)(=O)c1ccc(F)cc1. The van der Waals surface area contributed by atoms with Gasteiger partial charge in [-0.15, -0.1) is 0 Å². The third-order valence-electron chi connectivity index (χ3n) is 2.99. The Hall–Kier alpha value is -1.51. The molecule has 0 aromatic heterocycles. The molecular weight excluding hydrogens is 277 g/mol. The highest BCUT2D eigenvalue weighted by Crippen LogP contribution is 2.26. The van der Waals surface area contributed by atoms with Gasteiger partial charge in [0, 0.05) is 6.54 Å². The number of benzene rings is 1. The summed E-state index contributed by atoms with van der Waals surface area (Å²) in [5, 5.41) is 18.5. The van der Waals surface area contributed by atoms with Crippen LogP contribution in [0.15, 0.2) is 29.2 Å². The quantitative estimate of drug-likeness (QED) is 0.819. The van der Waals surface area contributed by atoms with Crippen molar-refractivity contribution in [3.63, 3.8) is 0 Å². The number of hydrogen-bond donors (Lipinski definition) is 2. The summed E-state index contributed by atoms with van der Waals surface area (Å²) in [5.41, 5.74) is 0. The van der Waals surface area contributed by atoms with E-state index in [9.17, 15) is 22.7 Å². The average molecular weight is 289 g/mol. The van der Waals surface area contributed by atoms with Gasteiger partial charge in [-0.05, 0) is 30.7 Å². The van der Waals surface area contributed by atoms with E-state index in [2.05, 4.69) is 0 Å². The number of nitrogens with zero attached hydrogens (tertiary/aromatic N) is 1. The molecule has 0 unspecified atom stereocenters. The van der Waals surface area contributed by atoms with Crippen molar-refractivity contribution in [3.05, 3.63) is 30.1 Å². The summed E-state index contributed by atoms with van der Waals surface area (Å²) in [5.74, 6) is -1.99. The molecule has 1 aromatic carbocycles. The van der Waals surface area contributed by atoms with Gasteiger partial charge in [-0.2, -0.15) is 4.31 Å². The van der Waals surface area contributed by atoms with Gasteiger partial charge in [0.25, 0.3) is 0 Å². The Labute approximate surface area is 109 Å². The van der Waals surface area contributed by atoms with Crippen LogP contribution >= 0.6 is 0 Å². The van der Waals surface area contributed by atoms with E-state index >= 15 is 0 Å². The van der Waals surface area contributed by atoms with E-state index in [1.165, 1.54) is 0 Å². The molecule has 0 bridgehead atoms. The van der Waals surface area contributed by atoms with Crippen LogP contribution in [0.1, 0.15) is 6.42 Å². The fraction of sp³-hybridized carbons (Fsp3) is 0.364. The molecule has 0 aliphatic carbocycles. The Morgan fingerprint density at radius 3 is 2.42 bits per heavy atom. The van der Waals surface area contributed by atoms with E-state index in [1.807, 2.05) is 0 Å². The average Bonchev–Trinajstić information content (AvgIpc) is 2.72. The van der Waals surface area contributed by atoms with Crippen molar-refractivity contribution < 1.29 is 27.8 Å². The Morgan fingerprint density at radius 1 is 1.32 bits per heavy atom. The molecular formula is C11H12FNO5S.